The largest absolute Gasteiger partial charge is 0.481 e. The molecular weight excluding hydrogens is 294 g/mol. The van der Waals surface area contributed by atoms with Crippen molar-refractivity contribution in [3.63, 3.8) is 0 Å². The van der Waals surface area contributed by atoms with E-state index in [0.717, 1.165) is 37.7 Å². The Morgan fingerprint density at radius 1 is 1.26 bits per heavy atom. The van der Waals surface area contributed by atoms with Gasteiger partial charge in [0, 0.05) is 18.9 Å². The lowest BCUT2D eigenvalue weighted by atomic mass is 9.79. The third kappa shape index (κ3) is 5.63. The lowest BCUT2D eigenvalue weighted by Crippen LogP contribution is -2.53. The predicted molar refractivity (Wildman–Crippen MR) is 86.8 cm³/mol. The van der Waals surface area contributed by atoms with E-state index in [0.29, 0.717) is 6.54 Å². The summed E-state index contributed by atoms with van der Waals surface area (Å²) in [5, 5.41) is 12.2. The van der Waals surface area contributed by atoms with Crippen molar-refractivity contribution >= 4 is 11.9 Å². The number of rotatable bonds is 7. The maximum absolute atomic E-state index is 12.3. The Morgan fingerprint density at radius 3 is 2.52 bits per heavy atom. The van der Waals surface area contributed by atoms with Gasteiger partial charge >= 0.3 is 5.97 Å². The molecule has 0 saturated heterocycles. The van der Waals surface area contributed by atoms with Gasteiger partial charge in [0.1, 0.15) is 0 Å². The highest BCUT2D eigenvalue weighted by Gasteiger charge is 2.35. The number of nitrogens with one attached hydrogen (secondary N) is 1. The standard InChI is InChI=1S/C17H25N3O3/c1-20(12-14-5-9-18-10-6-14)13-15(21)19-17(11-16(22)23)7-3-2-4-8-17/h5-6,9-10H,2-4,7-8,11-13H2,1H3,(H,19,21)(H,22,23). The number of amides is 1. The number of carboxylic acids is 1. The van der Waals surface area contributed by atoms with E-state index in [9.17, 15) is 9.59 Å². The fraction of sp³-hybridized carbons (Fsp3) is 0.588. The minimum atomic E-state index is -0.850. The number of pyridine rings is 1. The van der Waals surface area contributed by atoms with Crippen LogP contribution in [0.25, 0.3) is 0 Å². The van der Waals surface area contributed by atoms with Crippen molar-refractivity contribution < 1.29 is 14.7 Å². The molecule has 0 atom stereocenters. The average molecular weight is 319 g/mol. The molecule has 0 radical (unpaired) electrons. The molecule has 1 aromatic heterocycles. The summed E-state index contributed by atoms with van der Waals surface area (Å²) in [6.45, 7) is 0.908. The molecular formula is C17H25N3O3. The van der Waals surface area contributed by atoms with Crippen LogP contribution in [0, 0.1) is 0 Å². The maximum atomic E-state index is 12.3. The molecule has 23 heavy (non-hydrogen) atoms. The van der Waals surface area contributed by atoms with Crippen LogP contribution in [0.5, 0.6) is 0 Å². The van der Waals surface area contributed by atoms with Gasteiger partial charge in [0.2, 0.25) is 5.91 Å². The molecule has 0 aromatic carbocycles. The van der Waals surface area contributed by atoms with Crippen molar-refractivity contribution in [3.05, 3.63) is 30.1 Å². The van der Waals surface area contributed by atoms with E-state index in [1.165, 1.54) is 0 Å². The maximum Gasteiger partial charge on any atom is 0.305 e. The van der Waals surface area contributed by atoms with E-state index in [4.69, 9.17) is 5.11 Å². The van der Waals surface area contributed by atoms with Gasteiger partial charge in [-0.3, -0.25) is 19.5 Å². The number of aromatic nitrogens is 1. The highest BCUT2D eigenvalue weighted by atomic mass is 16.4. The Kier molecular flexibility index (Phi) is 6.10. The van der Waals surface area contributed by atoms with Gasteiger partial charge in [-0.25, -0.2) is 0 Å². The summed E-state index contributed by atoms with van der Waals surface area (Å²) in [6, 6.07) is 3.84. The molecule has 2 rings (SSSR count). The van der Waals surface area contributed by atoms with E-state index >= 15 is 0 Å². The lowest BCUT2D eigenvalue weighted by Gasteiger charge is -2.37. The van der Waals surface area contributed by atoms with Gasteiger partial charge in [-0.15, -0.1) is 0 Å². The summed E-state index contributed by atoms with van der Waals surface area (Å²) in [7, 11) is 1.88. The van der Waals surface area contributed by atoms with Gasteiger partial charge in [-0.2, -0.15) is 0 Å². The number of carbonyl (C=O) groups is 2. The molecule has 1 aromatic rings. The third-order valence-electron chi connectivity index (χ3n) is 4.32. The van der Waals surface area contributed by atoms with Crippen LogP contribution in [0.15, 0.2) is 24.5 Å². The van der Waals surface area contributed by atoms with Crippen LogP contribution in [0.2, 0.25) is 0 Å². The predicted octanol–water partition coefficient (Wildman–Crippen LogP) is 1.81. The number of carbonyl (C=O) groups excluding carboxylic acids is 1. The first-order chi connectivity index (χ1) is 11.0. The summed E-state index contributed by atoms with van der Waals surface area (Å²) in [4.78, 5) is 29.4. The fourth-order valence-corrected chi connectivity index (χ4v) is 3.30. The number of carboxylic acid groups (broad SMARTS) is 1. The summed E-state index contributed by atoms with van der Waals surface area (Å²) in [6.07, 6.45) is 8.02. The molecule has 6 heteroatoms. The number of nitrogens with zero attached hydrogens (tertiary/aromatic N) is 2. The Balaban J connectivity index is 1.89. The normalized spacial score (nSPS) is 17.0. The smallest absolute Gasteiger partial charge is 0.305 e. The van der Waals surface area contributed by atoms with Crippen LogP contribution < -0.4 is 5.32 Å². The molecule has 0 unspecified atom stereocenters. The van der Waals surface area contributed by atoms with Crippen LogP contribution in [0.1, 0.15) is 44.1 Å². The SMILES string of the molecule is CN(CC(=O)NC1(CC(=O)O)CCCCC1)Cc1ccncc1. The second-order valence-electron chi connectivity index (χ2n) is 6.49. The molecule has 1 aliphatic rings. The van der Waals surface area contributed by atoms with Crippen molar-refractivity contribution in [2.24, 2.45) is 0 Å². The molecule has 1 fully saturated rings. The first-order valence-electron chi connectivity index (χ1n) is 8.09. The number of hydrogen-bond acceptors (Lipinski definition) is 4. The Labute approximate surface area is 136 Å². The van der Waals surface area contributed by atoms with Gasteiger partial charge in [-0.1, -0.05) is 19.3 Å². The van der Waals surface area contributed by atoms with Crippen molar-refractivity contribution in [3.8, 4) is 0 Å². The van der Waals surface area contributed by atoms with Gasteiger partial charge < -0.3 is 10.4 Å². The van der Waals surface area contributed by atoms with Gasteiger partial charge in [0.25, 0.3) is 0 Å². The van der Waals surface area contributed by atoms with Crippen LogP contribution in [-0.2, 0) is 16.1 Å². The summed E-state index contributed by atoms with van der Waals surface area (Å²) in [5.41, 5.74) is 0.520. The van der Waals surface area contributed by atoms with Gasteiger partial charge in [0.15, 0.2) is 0 Å². The summed E-state index contributed by atoms with van der Waals surface area (Å²) < 4.78 is 0. The van der Waals surface area contributed by atoms with Crippen molar-refractivity contribution in [1.29, 1.82) is 0 Å². The molecule has 0 spiro atoms. The quantitative estimate of drug-likeness (QED) is 0.801. The number of aliphatic carboxylic acids is 1. The van der Waals surface area contributed by atoms with Crippen LogP contribution in [0.3, 0.4) is 0 Å². The van der Waals surface area contributed by atoms with Crippen molar-refractivity contribution in [2.45, 2.75) is 50.6 Å². The van der Waals surface area contributed by atoms with Crippen LogP contribution >= 0.6 is 0 Å². The third-order valence-corrected chi connectivity index (χ3v) is 4.32. The van der Waals surface area contributed by atoms with Crippen LogP contribution in [0.4, 0.5) is 0 Å². The molecule has 0 aliphatic heterocycles. The second-order valence-corrected chi connectivity index (χ2v) is 6.49. The molecule has 1 saturated carbocycles. The van der Waals surface area contributed by atoms with E-state index in [1.807, 2.05) is 24.1 Å². The number of hydrogen-bond donors (Lipinski definition) is 2. The first kappa shape index (κ1) is 17.4. The fourth-order valence-electron chi connectivity index (χ4n) is 3.30. The molecule has 6 nitrogen and oxygen atoms in total. The summed E-state index contributed by atoms with van der Waals surface area (Å²) in [5.74, 6) is -0.956. The van der Waals surface area contributed by atoms with Crippen molar-refractivity contribution in [1.82, 2.24) is 15.2 Å². The molecule has 0 bridgehead atoms. The first-order valence-corrected chi connectivity index (χ1v) is 8.09. The minimum Gasteiger partial charge on any atom is -0.481 e. The van der Waals surface area contributed by atoms with Crippen LogP contribution in [-0.4, -0.2) is 46.0 Å². The highest BCUT2D eigenvalue weighted by Crippen LogP contribution is 2.31. The molecule has 2 N–H and O–H groups in total. The van der Waals surface area contributed by atoms with Gasteiger partial charge in [0.05, 0.1) is 18.5 Å². The molecule has 1 aliphatic carbocycles. The van der Waals surface area contributed by atoms with E-state index < -0.39 is 11.5 Å². The summed E-state index contributed by atoms with van der Waals surface area (Å²) >= 11 is 0. The monoisotopic (exact) mass is 319 g/mol. The Hall–Kier alpha value is -1.95. The molecule has 1 heterocycles. The zero-order valence-corrected chi connectivity index (χ0v) is 13.6. The number of likely N-dealkylation sites (N-methyl/N-ethyl adjacent to an activating group) is 1. The Morgan fingerprint density at radius 2 is 1.91 bits per heavy atom. The molecule has 1 amide bonds. The topological polar surface area (TPSA) is 82.5 Å². The van der Waals surface area contributed by atoms with Crippen molar-refractivity contribution in [2.75, 3.05) is 13.6 Å². The van der Waals surface area contributed by atoms with E-state index in [2.05, 4.69) is 10.3 Å². The zero-order chi connectivity index (χ0) is 16.7. The Bertz CT molecular complexity index is 527. The lowest BCUT2D eigenvalue weighted by molar-refractivity contribution is -0.139. The second kappa shape index (κ2) is 8.06. The minimum absolute atomic E-state index is 0.00675. The zero-order valence-electron chi connectivity index (χ0n) is 13.6. The van der Waals surface area contributed by atoms with Gasteiger partial charge in [-0.05, 0) is 37.6 Å². The highest BCUT2D eigenvalue weighted by molar-refractivity contribution is 5.80. The van der Waals surface area contributed by atoms with E-state index in [-0.39, 0.29) is 18.9 Å². The van der Waals surface area contributed by atoms with E-state index in [1.54, 1.807) is 12.4 Å². The average Bonchev–Trinajstić information content (AvgIpc) is 2.47. The molecule has 126 valence electrons.